The Hall–Kier alpha value is -1.52. The van der Waals surface area contributed by atoms with Crippen molar-refractivity contribution in [3.8, 4) is 0 Å². The molecule has 0 aromatic carbocycles. The number of nitrogens with one attached hydrogen (secondary N) is 2. The van der Waals surface area contributed by atoms with E-state index in [-0.39, 0.29) is 5.91 Å². The van der Waals surface area contributed by atoms with Crippen LogP contribution >= 0.6 is 0 Å². The molecule has 1 amide bonds. The molecule has 1 aromatic rings. The highest BCUT2D eigenvalue weighted by molar-refractivity contribution is 5.73. The van der Waals surface area contributed by atoms with Crippen molar-refractivity contribution in [3.63, 3.8) is 0 Å². The van der Waals surface area contributed by atoms with Gasteiger partial charge in [0.25, 0.3) is 0 Å². The Morgan fingerprint density at radius 3 is 2.87 bits per heavy atom. The second-order valence-corrected chi connectivity index (χ2v) is 3.91. The number of hydrogen-bond donors (Lipinski definition) is 2. The van der Waals surface area contributed by atoms with Gasteiger partial charge in [-0.2, -0.15) is 5.10 Å². The highest BCUT2D eigenvalue weighted by Crippen LogP contribution is 2.15. The number of rotatable bonds is 2. The summed E-state index contributed by atoms with van der Waals surface area (Å²) in [6, 6.07) is 0.457. The van der Waals surface area contributed by atoms with Crippen molar-refractivity contribution in [1.82, 2.24) is 15.1 Å². The van der Waals surface area contributed by atoms with Crippen molar-refractivity contribution in [2.45, 2.75) is 25.8 Å². The maximum Gasteiger partial charge on any atom is 0.219 e. The number of piperidine rings is 1. The molecule has 82 valence electrons. The molecule has 1 saturated heterocycles. The van der Waals surface area contributed by atoms with Gasteiger partial charge in [0.1, 0.15) is 0 Å². The van der Waals surface area contributed by atoms with E-state index < -0.39 is 0 Å². The highest BCUT2D eigenvalue weighted by atomic mass is 16.2. The molecule has 0 bridgehead atoms. The molecule has 0 unspecified atom stereocenters. The summed E-state index contributed by atoms with van der Waals surface area (Å²) in [6.07, 6.45) is 5.63. The third-order valence-corrected chi connectivity index (χ3v) is 2.81. The van der Waals surface area contributed by atoms with Gasteiger partial charge in [-0.05, 0) is 12.8 Å². The molecule has 5 nitrogen and oxygen atoms in total. The number of likely N-dealkylation sites (tertiary alicyclic amines) is 1. The number of aromatic nitrogens is 2. The summed E-state index contributed by atoms with van der Waals surface area (Å²) in [5, 5.41) is 10.0. The van der Waals surface area contributed by atoms with Crippen molar-refractivity contribution in [2.24, 2.45) is 0 Å². The van der Waals surface area contributed by atoms with E-state index in [0.717, 1.165) is 31.6 Å². The van der Waals surface area contributed by atoms with E-state index in [4.69, 9.17) is 0 Å². The molecule has 2 heterocycles. The summed E-state index contributed by atoms with van der Waals surface area (Å²) in [5.41, 5.74) is 1.02. The molecule has 1 fully saturated rings. The summed E-state index contributed by atoms with van der Waals surface area (Å²) in [4.78, 5) is 13.0. The van der Waals surface area contributed by atoms with Crippen LogP contribution in [0.2, 0.25) is 0 Å². The number of nitrogens with zero attached hydrogens (tertiary/aromatic N) is 2. The number of hydrogen-bond acceptors (Lipinski definition) is 3. The normalized spacial score (nSPS) is 17.8. The largest absolute Gasteiger partial charge is 0.380 e. The lowest BCUT2D eigenvalue weighted by Gasteiger charge is -2.31. The van der Waals surface area contributed by atoms with Crippen LogP contribution in [-0.2, 0) is 4.79 Å². The van der Waals surface area contributed by atoms with Crippen molar-refractivity contribution >= 4 is 11.6 Å². The van der Waals surface area contributed by atoms with Crippen molar-refractivity contribution in [2.75, 3.05) is 18.4 Å². The predicted molar refractivity (Wildman–Crippen MR) is 57.5 cm³/mol. The number of amides is 1. The average molecular weight is 208 g/mol. The number of carbonyl (C=O) groups is 1. The quantitative estimate of drug-likeness (QED) is 0.757. The first-order valence-corrected chi connectivity index (χ1v) is 5.26. The Kier molecular flexibility index (Phi) is 2.89. The van der Waals surface area contributed by atoms with Crippen LogP contribution in [0.3, 0.4) is 0 Å². The van der Waals surface area contributed by atoms with Crippen LogP contribution in [0, 0.1) is 0 Å². The first-order chi connectivity index (χ1) is 7.25. The van der Waals surface area contributed by atoms with Crippen LogP contribution in [-0.4, -0.2) is 40.1 Å². The molecular weight excluding hydrogens is 192 g/mol. The fraction of sp³-hybridized carbons (Fsp3) is 0.600. The molecule has 0 radical (unpaired) electrons. The molecule has 1 aromatic heterocycles. The van der Waals surface area contributed by atoms with Gasteiger partial charge in [-0.25, -0.2) is 0 Å². The Labute approximate surface area is 88.8 Å². The molecule has 15 heavy (non-hydrogen) atoms. The zero-order chi connectivity index (χ0) is 10.7. The highest BCUT2D eigenvalue weighted by Gasteiger charge is 2.20. The fourth-order valence-corrected chi connectivity index (χ4v) is 1.90. The third kappa shape index (κ3) is 2.49. The van der Waals surface area contributed by atoms with E-state index in [1.165, 1.54) is 0 Å². The molecule has 2 N–H and O–H groups in total. The summed E-state index contributed by atoms with van der Waals surface area (Å²) in [6.45, 7) is 3.33. The average Bonchev–Trinajstić information content (AvgIpc) is 2.71. The zero-order valence-electron chi connectivity index (χ0n) is 8.86. The molecule has 5 heteroatoms. The van der Waals surface area contributed by atoms with Gasteiger partial charge in [0.15, 0.2) is 0 Å². The van der Waals surface area contributed by atoms with Crippen LogP contribution in [0.4, 0.5) is 5.69 Å². The Morgan fingerprint density at radius 2 is 2.33 bits per heavy atom. The van der Waals surface area contributed by atoms with Gasteiger partial charge in [-0.1, -0.05) is 0 Å². The number of H-pyrrole nitrogens is 1. The monoisotopic (exact) mass is 208 g/mol. The minimum atomic E-state index is 0.178. The molecule has 1 aliphatic heterocycles. The standard InChI is InChI=1S/C10H16N4O/c1-8(15)14-4-2-9(3-5-14)13-10-6-11-12-7-10/h6-7,9,13H,2-5H2,1H3,(H,11,12). The van der Waals surface area contributed by atoms with Gasteiger partial charge in [0.05, 0.1) is 11.9 Å². The number of carbonyl (C=O) groups excluding carboxylic acids is 1. The topological polar surface area (TPSA) is 61.0 Å². The molecule has 0 saturated carbocycles. The van der Waals surface area contributed by atoms with Crippen LogP contribution in [0.5, 0.6) is 0 Å². The zero-order valence-corrected chi connectivity index (χ0v) is 8.86. The molecular formula is C10H16N4O. The fourth-order valence-electron chi connectivity index (χ4n) is 1.90. The smallest absolute Gasteiger partial charge is 0.219 e. The Morgan fingerprint density at radius 1 is 1.60 bits per heavy atom. The van der Waals surface area contributed by atoms with E-state index in [1.54, 1.807) is 13.1 Å². The van der Waals surface area contributed by atoms with Gasteiger partial charge in [-0.3, -0.25) is 9.89 Å². The minimum Gasteiger partial charge on any atom is -0.380 e. The first-order valence-electron chi connectivity index (χ1n) is 5.26. The van der Waals surface area contributed by atoms with Gasteiger partial charge in [0.2, 0.25) is 5.91 Å². The second kappa shape index (κ2) is 4.33. The van der Waals surface area contributed by atoms with Crippen molar-refractivity contribution < 1.29 is 4.79 Å². The summed E-state index contributed by atoms with van der Waals surface area (Å²) in [5.74, 6) is 0.178. The van der Waals surface area contributed by atoms with Gasteiger partial charge in [-0.15, -0.1) is 0 Å². The van der Waals surface area contributed by atoms with E-state index in [9.17, 15) is 4.79 Å². The lowest BCUT2D eigenvalue weighted by atomic mass is 10.1. The predicted octanol–water partition coefficient (Wildman–Crippen LogP) is 0.833. The number of anilines is 1. The van der Waals surface area contributed by atoms with Crippen LogP contribution in [0.25, 0.3) is 0 Å². The van der Waals surface area contributed by atoms with Gasteiger partial charge < -0.3 is 10.2 Å². The van der Waals surface area contributed by atoms with E-state index in [0.29, 0.717) is 6.04 Å². The SMILES string of the molecule is CC(=O)N1CCC(Nc2cn[nH]c2)CC1. The molecule has 1 aliphatic rings. The maximum absolute atomic E-state index is 11.1. The van der Waals surface area contributed by atoms with Crippen LogP contribution in [0.1, 0.15) is 19.8 Å². The molecule has 0 aliphatic carbocycles. The Balaban J connectivity index is 1.81. The van der Waals surface area contributed by atoms with E-state index >= 15 is 0 Å². The summed E-state index contributed by atoms with van der Waals surface area (Å²) < 4.78 is 0. The second-order valence-electron chi connectivity index (χ2n) is 3.91. The van der Waals surface area contributed by atoms with Crippen LogP contribution in [0.15, 0.2) is 12.4 Å². The van der Waals surface area contributed by atoms with Crippen molar-refractivity contribution in [3.05, 3.63) is 12.4 Å². The molecule has 2 rings (SSSR count). The number of aromatic amines is 1. The first kappa shape index (κ1) is 10.0. The van der Waals surface area contributed by atoms with Crippen molar-refractivity contribution in [1.29, 1.82) is 0 Å². The molecule has 0 spiro atoms. The summed E-state index contributed by atoms with van der Waals surface area (Å²) in [7, 11) is 0. The lowest BCUT2D eigenvalue weighted by Crippen LogP contribution is -2.41. The van der Waals surface area contributed by atoms with E-state index in [1.807, 2.05) is 11.1 Å². The lowest BCUT2D eigenvalue weighted by molar-refractivity contribution is -0.129. The Bertz CT molecular complexity index is 314. The van der Waals surface area contributed by atoms with Gasteiger partial charge >= 0.3 is 0 Å². The maximum atomic E-state index is 11.1. The summed E-state index contributed by atoms with van der Waals surface area (Å²) >= 11 is 0. The third-order valence-electron chi connectivity index (χ3n) is 2.81. The molecule has 0 atom stereocenters. The van der Waals surface area contributed by atoms with Gasteiger partial charge in [0, 0.05) is 32.3 Å². The minimum absolute atomic E-state index is 0.178. The van der Waals surface area contributed by atoms with E-state index in [2.05, 4.69) is 15.5 Å². The van der Waals surface area contributed by atoms with Crippen LogP contribution < -0.4 is 5.32 Å².